The molecule has 2 aromatic rings. The van der Waals surface area contributed by atoms with Gasteiger partial charge in [0, 0.05) is 26.1 Å². The molecule has 1 spiro atoms. The number of allylic oxidation sites excluding steroid dienone is 1. The largest absolute Gasteiger partial charge is 0.455 e. The second-order valence-corrected chi connectivity index (χ2v) is 13.4. The minimum Gasteiger partial charge on any atom is -0.455 e. The van der Waals surface area contributed by atoms with Gasteiger partial charge in [-0.2, -0.15) is 0 Å². The van der Waals surface area contributed by atoms with Gasteiger partial charge in [0.1, 0.15) is 23.7 Å². The fourth-order valence-corrected chi connectivity index (χ4v) is 8.00. The molecule has 2 fully saturated rings. The van der Waals surface area contributed by atoms with Crippen LogP contribution in [-0.4, -0.2) is 77.2 Å². The minimum atomic E-state index is -1.46. The Morgan fingerprint density at radius 3 is 2.54 bits per heavy atom. The molecule has 2 saturated heterocycles. The SMILES string of the molecule is Cc1cccc(Cl)c1N1CC=C[C@@]23O[C@H]4/C=C\CCC(=O)N[C@@H](C)[C@H](c5ccccc5)OC(=O)[C@H]4[C@@H]2C(=O)N(CCCCCO)[C@H]3C1=O. The minimum absolute atomic E-state index is 0.0255. The van der Waals surface area contributed by atoms with Gasteiger partial charge in [-0.15, -0.1) is 0 Å². The van der Waals surface area contributed by atoms with Crippen LogP contribution in [0.3, 0.4) is 0 Å². The van der Waals surface area contributed by atoms with Crippen LogP contribution in [-0.2, 0) is 28.7 Å². The van der Waals surface area contributed by atoms with Gasteiger partial charge in [0.2, 0.25) is 11.8 Å². The maximum absolute atomic E-state index is 14.8. The van der Waals surface area contributed by atoms with E-state index in [1.807, 2.05) is 55.5 Å². The van der Waals surface area contributed by atoms with Gasteiger partial charge >= 0.3 is 5.97 Å². The number of aliphatic hydroxyl groups is 1. The molecule has 3 amide bonds. The Kier molecular flexibility index (Phi) is 10.1. The highest BCUT2D eigenvalue weighted by Crippen LogP contribution is 2.54. The van der Waals surface area contributed by atoms with Crippen molar-refractivity contribution in [2.45, 2.75) is 75.8 Å². The first-order valence-corrected chi connectivity index (χ1v) is 17.1. The van der Waals surface area contributed by atoms with Crippen molar-refractivity contribution in [1.82, 2.24) is 10.2 Å². The lowest BCUT2D eigenvalue weighted by atomic mass is 9.77. The molecule has 0 saturated carbocycles. The van der Waals surface area contributed by atoms with Gasteiger partial charge < -0.3 is 29.7 Å². The topological polar surface area (TPSA) is 125 Å². The number of aryl methyl sites for hydroxylation is 1. The number of hydrogen-bond donors (Lipinski definition) is 2. The number of esters is 1. The van der Waals surface area contributed by atoms with E-state index in [2.05, 4.69) is 5.32 Å². The number of nitrogens with zero attached hydrogens (tertiary/aromatic N) is 2. The normalized spacial score (nSPS) is 31.2. The third-order valence-corrected chi connectivity index (χ3v) is 10.2. The fraction of sp³-hybridized carbons (Fsp3) is 0.459. The molecule has 10 nitrogen and oxygen atoms in total. The lowest BCUT2D eigenvalue weighted by Gasteiger charge is -2.36. The fourth-order valence-electron chi connectivity index (χ4n) is 7.68. The number of fused-ring (bicyclic) bond motifs is 2. The number of anilines is 1. The zero-order valence-corrected chi connectivity index (χ0v) is 28.0. The number of aliphatic hydroxyl groups excluding tert-OH is 1. The Morgan fingerprint density at radius 1 is 1.00 bits per heavy atom. The number of carbonyl (C=O) groups is 4. The number of cyclic esters (lactones) is 1. The van der Waals surface area contributed by atoms with Crippen LogP contribution in [0.2, 0.25) is 5.02 Å². The number of benzene rings is 2. The molecule has 48 heavy (non-hydrogen) atoms. The van der Waals surface area contributed by atoms with Crippen molar-refractivity contribution in [3.63, 3.8) is 0 Å². The molecular weight excluding hydrogens is 634 g/mol. The number of rotatable bonds is 7. The molecule has 4 heterocycles. The van der Waals surface area contributed by atoms with Crippen LogP contribution in [0.5, 0.6) is 0 Å². The van der Waals surface area contributed by atoms with E-state index in [-0.39, 0.29) is 43.8 Å². The maximum Gasteiger partial charge on any atom is 0.313 e. The van der Waals surface area contributed by atoms with E-state index in [1.165, 1.54) is 0 Å². The second kappa shape index (κ2) is 14.2. The van der Waals surface area contributed by atoms with E-state index >= 15 is 0 Å². The van der Waals surface area contributed by atoms with Gasteiger partial charge in [0.05, 0.1) is 28.8 Å². The number of likely N-dealkylation sites (tertiary alicyclic amines) is 1. The molecule has 7 atom stereocenters. The summed E-state index contributed by atoms with van der Waals surface area (Å²) in [4.78, 5) is 59.8. The first-order valence-electron chi connectivity index (χ1n) is 16.7. The Labute approximate surface area is 285 Å². The predicted molar refractivity (Wildman–Crippen MR) is 180 cm³/mol. The van der Waals surface area contributed by atoms with Gasteiger partial charge in [-0.1, -0.05) is 78.4 Å². The molecule has 11 heteroatoms. The molecule has 254 valence electrons. The standard InChI is InChI=1S/C37H42ClN3O7/c1-23-13-11-16-26(38)31(23)40-21-12-19-37-30(34(44)41(33(37)35(40)45)20-9-4-10-22-42)29-27(48-37)17-7-8-18-28(43)39-24(2)32(47-36(29)46)25-14-5-3-6-15-25/h3,5-7,11-17,19,24,27,29-30,32-33,42H,4,8-10,18,20-22H2,1-2H3,(H,39,43)/b17-7-/t24-,27-,29+,30+,32+,33-,37+/m0/s1. The monoisotopic (exact) mass is 675 g/mol. The molecule has 0 radical (unpaired) electrons. The molecule has 0 bridgehead atoms. The van der Waals surface area contributed by atoms with Gasteiger partial charge in [0.25, 0.3) is 5.91 Å². The quantitative estimate of drug-likeness (QED) is 0.253. The second-order valence-electron chi connectivity index (χ2n) is 13.0. The van der Waals surface area contributed by atoms with Crippen molar-refractivity contribution < 1.29 is 33.8 Å². The molecule has 2 aromatic carbocycles. The van der Waals surface area contributed by atoms with E-state index in [4.69, 9.17) is 21.1 Å². The third-order valence-electron chi connectivity index (χ3n) is 9.86. The lowest BCUT2D eigenvalue weighted by Crippen LogP contribution is -2.55. The molecule has 2 N–H and O–H groups in total. The van der Waals surface area contributed by atoms with Crippen molar-refractivity contribution >= 4 is 41.0 Å². The van der Waals surface area contributed by atoms with E-state index < -0.39 is 47.7 Å². The molecule has 4 aliphatic heterocycles. The number of unbranched alkanes of at least 4 members (excludes halogenated alkanes) is 2. The number of ether oxygens (including phenoxy) is 2. The highest BCUT2D eigenvalue weighted by Gasteiger charge is 2.72. The van der Waals surface area contributed by atoms with Crippen LogP contribution in [0.15, 0.2) is 72.8 Å². The Hall–Kier alpha value is -3.99. The number of hydrogen-bond acceptors (Lipinski definition) is 7. The molecular formula is C37H42ClN3O7. The molecule has 4 aliphatic rings. The van der Waals surface area contributed by atoms with Crippen LogP contribution in [0.25, 0.3) is 0 Å². The van der Waals surface area contributed by atoms with Crippen molar-refractivity contribution in [1.29, 1.82) is 0 Å². The molecule has 0 aliphatic carbocycles. The van der Waals surface area contributed by atoms with Gasteiger partial charge in [-0.05, 0) is 56.7 Å². The van der Waals surface area contributed by atoms with Crippen molar-refractivity contribution in [3.8, 4) is 0 Å². The number of para-hydroxylation sites is 1. The van der Waals surface area contributed by atoms with Crippen LogP contribution in [0, 0.1) is 18.8 Å². The zero-order valence-electron chi connectivity index (χ0n) is 27.2. The van der Waals surface area contributed by atoms with Crippen LogP contribution >= 0.6 is 11.6 Å². The Morgan fingerprint density at radius 2 is 1.79 bits per heavy atom. The average molecular weight is 676 g/mol. The smallest absolute Gasteiger partial charge is 0.313 e. The summed E-state index contributed by atoms with van der Waals surface area (Å²) in [7, 11) is 0. The first-order chi connectivity index (χ1) is 23.2. The summed E-state index contributed by atoms with van der Waals surface area (Å²) >= 11 is 6.66. The molecule has 0 aromatic heterocycles. The van der Waals surface area contributed by atoms with Gasteiger partial charge in [-0.25, -0.2) is 0 Å². The van der Waals surface area contributed by atoms with Crippen LogP contribution < -0.4 is 10.2 Å². The average Bonchev–Trinajstić information content (AvgIpc) is 3.45. The van der Waals surface area contributed by atoms with Crippen molar-refractivity contribution in [2.75, 3.05) is 24.6 Å². The van der Waals surface area contributed by atoms with Crippen LogP contribution in [0.1, 0.15) is 56.3 Å². The lowest BCUT2D eigenvalue weighted by molar-refractivity contribution is -0.161. The highest BCUT2D eigenvalue weighted by atomic mass is 35.5. The molecule has 6 rings (SSSR count). The number of carbonyl (C=O) groups excluding carboxylic acids is 4. The van der Waals surface area contributed by atoms with Gasteiger partial charge in [0.15, 0.2) is 0 Å². The summed E-state index contributed by atoms with van der Waals surface area (Å²) < 4.78 is 13.1. The number of nitrogens with one attached hydrogen (secondary N) is 1. The predicted octanol–water partition coefficient (Wildman–Crippen LogP) is 4.43. The maximum atomic E-state index is 14.8. The van der Waals surface area contributed by atoms with Gasteiger partial charge in [-0.3, -0.25) is 19.2 Å². The summed E-state index contributed by atoms with van der Waals surface area (Å²) in [5, 5.41) is 12.8. The number of amides is 3. The molecule has 0 unspecified atom stereocenters. The van der Waals surface area contributed by atoms with Crippen molar-refractivity contribution in [3.05, 3.63) is 89.0 Å². The zero-order chi connectivity index (χ0) is 34.0. The summed E-state index contributed by atoms with van der Waals surface area (Å²) in [6, 6.07) is 13.0. The van der Waals surface area contributed by atoms with E-state index in [0.717, 1.165) is 5.56 Å². The highest BCUT2D eigenvalue weighted by molar-refractivity contribution is 6.34. The van der Waals surface area contributed by atoms with E-state index in [0.29, 0.717) is 42.0 Å². The number of halogens is 1. The Bertz CT molecular complexity index is 1590. The van der Waals surface area contributed by atoms with Crippen molar-refractivity contribution in [2.24, 2.45) is 11.8 Å². The Balaban J connectivity index is 1.44. The third kappa shape index (κ3) is 6.17. The van der Waals surface area contributed by atoms with E-state index in [9.17, 15) is 24.3 Å². The summed E-state index contributed by atoms with van der Waals surface area (Å²) in [5.74, 6) is -3.63. The summed E-state index contributed by atoms with van der Waals surface area (Å²) in [6.45, 7) is 4.14. The summed E-state index contributed by atoms with van der Waals surface area (Å²) in [5.41, 5.74) is 0.603. The first kappa shape index (κ1) is 33.9. The van der Waals surface area contributed by atoms with E-state index in [1.54, 1.807) is 41.0 Å². The summed E-state index contributed by atoms with van der Waals surface area (Å²) in [6.07, 6.45) is 7.80. The van der Waals surface area contributed by atoms with Crippen LogP contribution in [0.4, 0.5) is 5.69 Å².